The lowest BCUT2D eigenvalue weighted by Crippen LogP contribution is -2.06. The second-order valence-corrected chi connectivity index (χ2v) is 7.58. The fourth-order valence-corrected chi connectivity index (χ4v) is 3.04. The number of hydrogen-bond acceptors (Lipinski definition) is 4. The molecule has 4 nitrogen and oxygen atoms in total. The van der Waals surface area contributed by atoms with Crippen LogP contribution in [0.25, 0.3) is 0 Å². The lowest BCUT2D eigenvalue weighted by Gasteiger charge is -2.04. The Kier molecular flexibility index (Phi) is 21.5. The van der Waals surface area contributed by atoms with Crippen molar-refractivity contribution in [3.05, 3.63) is 24.3 Å². The number of rotatable bonds is 20. The molecular formula is C25H44O4. The second kappa shape index (κ2) is 22.7. The van der Waals surface area contributed by atoms with E-state index in [0.717, 1.165) is 31.4 Å². The van der Waals surface area contributed by atoms with Crippen molar-refractivity contribution in [2.24, 2.45) is 0 Å². The number of esters is 2. The van der Waals surface area contributed by atoms with Gasteiger partial charge in [-0.25, -0.2) is 9.59 Å². The molecule has 0 rings (SSSR count). The van der Waals surface area contributed by atoms with Crippen LogP contribution in [-0.4, -0.2) is 25.2 Å². The molecule has 0 aromatic rings. The van der Waals surface area contributed by atoms with Gasteiger partial charge in [0.2, 0.25) is 0 Å². The predicted molar refractivity (Wildman–Crippen MR) is 121 cm³/mol. The molecule has 0 aromatic carbocycles. The van der Waals surface area contributed by atoms with Gasteiger partial charge < -0.3 is 9.47 Å². The SMILES string of the molecule is CC/C=C\CCOC(=O)/C=C/C(=O)OCCCCCCCCCCCCCCC. The van der Waals surface area contributed by atoms with Gasteiger partial charge in [-0.15, -0.1) is 0 Å². The molecule has 0 fully saturated rings. The first-order chi connectivity index (χ1) is 14.2. The van der Waals surface area contributed by atoms with Gasteiger partial charge in [-0.2, -0.15) is 0 Å². The third-order valence-corrected chi connectivity index (χ3v) is 4.78. The molecule has 0 unspecified atom stereocenters. The van der Waals surface area contributed by atoms with Crippen LogP contribution >= 0.6 is 0 Å². The van der Waals surface area contributed by atoms with Crippen molar-refractivity contribution >= 4 is 11.9 Å². The number of ether oxygens (including phenoxy) is 2. The Balaban J connectivity index is 3.38. The van der Waals surface area contributed by atoms with E-state index in [-0.39, 0.29) is 0 Å². The Morgan fingerprint density at radius 2 is 1.03 bits per heavy atom. The Hall–Kier alpha value is -1.58. The van der Waals surface area contributed by atoms with Gasteiger partial charge in [0, 0.05) is 12.2 Å². The van der Waals surface area contributed by atoms with Crippen molar-refractivity contribution in [2.75, 3.05) is 13.2 Å². The molecular weight excluding hydrogens is 364 g/mol. The van der Waals surface area contributed by atoms with Crippen LogP contribution in [0.2, 0.25) is 0 Å². The average molecular weight is 409 g/mol. The van der Waals surface area contributed by atoms with Crippen molar-refractivity contribution in [1.82, 2.24) is 0 Å². The molecule has 0 saturated carbocycles. The first kappa shape index (κ1) is 27.4. The van der Waals surface area contributed by atoms with Gasteiger partial charge in [0.25, 0.3) is 0 Å². The van der Waals surface area contributed by atoms with E-state index in [2.05, 4.69) is 13.8 Å². The van der Waals surface area contributed by atoms with Gasteiger partial charge in [0.05, 0.1) is 13.2 Å². The zero-order valence-electron chi connectivity index (χ0n) is 19.0. The molecule has 0 aliphatic carbocycles. The van der Waals surface area contributed by atoms with E-state index < -0.39 is 11.9 Å². The molecule has 0 aromatic heterocycles. The van der Waals surface area contributed by atoms with Gasteiger partial charge >= 0.3 is 11.9 Å². The van der Waals surface area contributed by atoms with Gasteiger partial charge in [-0.3, -0.25) is 0 Å². The fraction of sp³-hybridized carbons (Fsp3) is 0.760. The normalized spacial score (nSPS) is 11.4. The smallest absolute Gasteiger partial charge is 0.331 e. The van der Waals surface area contributed by atoms with Gasteiger partial charge in [-0.1, -0.05) is 103 Å². The maximum atomic E-state index is 11.6. The Morgan fingerprint density at radius 1 is 0.586 bits per heavy atom. The van der Waals surface area contributed by atoms with Crippen LogP contribution in [0.15, 0.2) is 24.3 Å². The number of allylic oxidation sites excluding steroid dienone is 1. The van der Waals surface area contributed by atoms with E-state index in [1.165, 1.54) is 70.6 Å². The first-order valence-corrected chi connectivity index (χ1v) is 11.9. The van der Waals surface area contributed by atoms with Crippen LogP contribution in [-0.2, 0) is 19.1 Å². The molecule has 0 spiro atoms. The molecule has 0 aliphatic rings. The highest BCUT2D eigenvalue weighted by Crippen LogP contribution is 2.12. The van der Waals surface area contributed by atoms with Crippen LogP contribution in [0.4, 0.5) is 0 Å². The summed E-state index contributed by atoms with van der Waals surface area (Å²) in [5.41, 5.74) is 0. The largest absolute Gasteiger partial charge is 0.463 e. The highest BCUT2D eigenvalue weighted by molar-refractivity contribution is 5.91. The van der Waals surface area contributed by atoms with Crippen LogP contribution in [0.5, 0.6) is 0 Å². The predicted octanol–water partition coefficient (Wildman–Crippen LogP) is 7.08. The quantitative estimate of drug-likeness (QED) is 0.0935. The van der Waals surface area contributed by atoms with Crippen molar-refractivity contribution in [2.45, 2.75) is 110 Å². The van der Waals surface area contributed by atoms with Gasteiger partial charge in [0.1, 0.15) is 0 Å². The molecule has 0 atom stereocenters. The molecule has 0 aliphatic heterocycles. The number of carbonyl (C=O) groups excluding carboxylic acids is 2. The van der Waals surface area contributed by atoms with E-state index in [4.69, 9.17) is 9.47 Å². The Labute approximate surface area is 179 Å². The third kappa shape index (κ3) is 22.6. The molecule has 0 saturated heterocycles. The summed E-state index contributed by atoms with van der Waals surface area (Å²) in [4.78, 5) is 23.0. The summed E-state index contributed by atoms with van der Waals surface area (Å²) >= 11 is 0. The zero-order chi connectivity index (χ0) is 21.4. The molecule has 29 heavy (non-hydrogen) atoms. The highest BCUT2D eigenvalue weighted by Gasteiger charge is 2.01. The second-order valence-electron chi connectivity index (χ2n) is 7.58. The minimum absolute atomic E-state index is 0.327. The third-order valence-electron chi connectivity index (χ3n) is 4.78. The molecule has 0 bridgehead atoms. The van der Waals surface area contributed by atoms with E-state index in [1.807, 2.05) is 12.2 Å². The number of hydrogen-bond donors (Lipinski definition) is 0. The standard InChI is InChI=1S/C25H44O4/c1-3-5-7-9-10-11-12-13-14-15-16-17-19-23-29-25(27)21-20-24(26)28-22-18-8-6-4-2/h6,8,20-21H,3-5,7,9-19,22-23H2,1-2H3/b8-6-,21-20+. The van der Waals surface area contributed by atoms with Gasteiger partial charge in [-0.05, 0) is 19.3 Å². The minimum atomic E-state index is -0.507. The molecule has 4 heteroatoms. The molecule has 0 N–H and O–H groups in total. The minimum Gasteiger partial charge on any atom is -0.463 e. The molecule has 0 amide bonds. The maximum Gasteiger partial charge on any atom is 0.331 e. The van der Waals surface area contributed by atoms with Crippen molar-refractivity contribution in [3.8, 4) is 0 Å². The first-order valence-electron chi connectivity index (χ1n) is 11.9. The lowest BCUT2D eigenvalue weighted by atomic mass is 10.0. The molecule has 0 heterocycles. The van der Waals surface area contributed by atoms with Crippen molar-refractivity contribution in [1.29, 1.82) is 0 Å². The summed E-state index contributed by atoms with van der Waals surface area (Å²) in [5, 5.41) is 0. The fourth-order valence-electron chi connectivity index (χ4n) is 3.04. The molecule has 168 valence electrons. The summed E-state index contributed by atoms with van der Waals surface area (Å²) in [6, 6.07) is 0. The number of carbonyl (C=O) groups is 2. The van der Waals surface area contributed by atoms with E-state index in [0.29, 0.717) is 19.6 Å². The summed E-state index contributed by atoms with van der Waals surface area (Å²) in [7, 11) is 0. The number of unbranched alkanes of at least 4 members (excludes halogenated alkanes) is 12. The van der Waals surface area contributed by atoms with Crippen molar-refractivity contribution in [3.63, 3.8) is 0 Å². The van der Waals surface area contributed by atoms with E-state index in [9.17, 15) is 9.59 Å². The summed E-state index contributed by atoms with van der Waals surface area (Å²) in [5.74, 6) is -0.987. The zero-order valence-corrected chi connectivity index (χ0v) is 19.0. The summed E-state index contributed by atoms with van der Waals surface area (Å²) < 4.78 is 10.1. The van der Waals surface area contributed by atoms with Crippen LogP contribution < -0.4 is 0 Å². The average Bonchev–Trinajstić information content (AvgIpc) is 2.72. The van der Waals surface area contributed by atoms with Crippen LogP contribution in [0.1, 0.15) is 110 Å². The van der Waals surface area contributed by atoms with Crippen LogP contribution in [0, 0.1) is 0 Å². The Bertz CT molecular complexity index is 440. The molecule has 0 radical (unpaired) electrons. The monoisotopic (exact) mass is 408 g/mol. The topological polar surface area (TPSA) is 52.6 Å². The lowest BCUT2D eigenvalue weighted by molar-refractivity contribution is -0.140. The van der Waals surface area contributed by atoms with Gasteiger partial charge in [0.15, 0.2) is 0 Å². The van der Waals surface area contributed by atoms with E-state index in [1.54, 1.807) is 0 Å². The Morgan fingerprint density at radius 3 is 1.52 bits per heavy atom. The van der Waals surface area contributed by atoms with Crippen LogP contribution in [0.3, 0.4) is 0 Å². The maximum absolute atomic E-state index is 11.6. The van der Waals surface area contributed by atoms with E-state index >= 15 is 0 Å². The summed E-state index contributed by atoms with van der Waals surface area (Å²) in [6.45, 7) is 5.05. The van der Waals surface area contributed by atoms with Crippen molar-refractivity contribution < 1.29 is 19.1 Å². The highest BCUT2D eigenvalue weighted by atomic mass is 16.5. The summed E-state index contributed by atoms with van der Waals surface area (Å²) in [6.07, 6.45) is 24.7.